The van der Waals surface area contributed by atoms with Gasteiger partial charge >= 0.3 is 0 Å². The Morgan fingerprint density at radius 1 is 1.42 bits per heavy atom. The van der Waals surface area contributed by atoms with Gasteiger partial charge in [0, 0.05) is 10.9 Å². The minimum absolute atomic E-state index is 0.0805. The Morgan fingerprint density at radius 2 is 2.05 bits per heavy atom. The zero-order valence-electron chi connectivity index (χ0n) is 11.9. The molecule has 0 heterocycles. The lowest BCUT2D eigenvalue weighted by Gasteiger charge is -2.22. The van der Waals surface area contributed by atoms with E-state index in [0.29, 0.717) is 22.5 Å². The lowest BCUT2D eigenvalue weighted by molar-refractivity contribution is -0.117. The lowest BCUT2D eigenvalue weighted by atomic mass is 9.84. The SMILES string of the molecule is CC(CC(=O)Nc1cc(F)ccc1Br)CC(C)(C)C. The molecule has 0 spiro atoms. The molecule has 1 unspecified atom stereocenters. The number of hydrogen-bond donors (Lipinski definition) is 1. The maximum Gasteiger partial charge on any atom is 0.224 e. The molecule has 0 fully saturated rings. The van der Waals surface area contributed by atoms with Gasteiger partial charge in [-0.15, -0.1) is 0 Å². The third kappa shape index (κ3) is 6.19. The fraction of sp³-hybridized carbons (Fsp3) is 0.533. The first-order valence-corrected chi connectivity index (χ1v) is 7.21. The topological polar surface area (TPSA) is 29.1 Å². The lowest BCUT2D eigenvalue weighted by Crippen LogP contribution is -2.19. The second-order valence-corrected chi connectivity index (χ2v) is 7.10. The molecule has 0 aromatic heterocycles. The number of carbonyl (C=O) groups is 1. The third-order valence-corrected chi connectivity index (χ3v) is 3.39. The number of hydrogen-bond acceptors (Lipinski definition) is 1. The van der Waals surface area contributed by atoms with Gasteiger partial charge in [0.2, 0.25) is 5.91 Å². The molecule has 0 aliphatic rings. The minimum atomic E-state index is -0.360. The number of nitrogens with one attached hydrogen (secondary N) is 1. The highest BCUT2D eigenvalue weighted by Gasteiger charge is 2.18. The Morgan fingerprint density at radius 3 is 2.63 bits per heavy atom. The van der Waals surface area contributed by atoms with Crippen molar-refractivity contribution in [3.8, 4) is 0 Å². The number of anilines is 1. The van der Waals surface area contributed by atoms with Crippen LogP contribution in [0.1, 0.15) is 40.5 Å². The maximum atomic E-state index is 13.1. The largest absolute Gasteiger partial charge is 0.325 e. The number of benzene rings is 1. The summed E-state index contributed by atoms with van der Waals surface area (Å²) in [6.07, 6.45) is 1.42. The second kappa shape index (κ2) is 6.51. The first-order valence-electron chi connectivity index (χ1n) is 6.42. The molecule has 1 rings (SSSR count). The highest BCUT2D eigenvalue weighted by atomic mass is 79.9. The molecule has 1 aromatic rings. The molecule has 0 radical (unpaired) electrons. The molecule has 0 aliphatic heterocycles. The van der Waals surface area contributed by atoms with Crippen molar-refractivity contribution in [3.05, 3.63) is 28.5 Å². The van der Waals surface area contributed by atoms with Crippen LogP contribution in [-0.4, -0.2) is 5.91 Å². The molecule has 0 bridgehead atoms. The van der Waals surface area contributed by atoms with Crippen molar-refractivity contribution in [2.45, 2.75) is 40.5 Å². The number of rotatable bonds is 4. The van der Waals surface area contributed by atoms with E-state index < -0.39 is 0 Å². The van der Waals surface area contributed by atoms with Gasteiger partial charge in [-0.3, -0.25) is 4.79 Å². The van der Waals surface area contributed by atoms with Gasteiger partial charge in [0.1, 0.15) is 5.82 Å². The van der Waals surface area contributed by atoms with Crippen LogP contribution in [0, 0.1) is 17.2 Å². The van der Waals surface area contributed by atoms with Crippen molar-refractivity contribution >= 4 is 27.5 Å². The van der Waals surface area contributed by atoms with Gasteiger partial charge in [0.15, 0.2) is 0 Å². The number of halogens is 2. The van der Waals surface area contributed by atoms with Gasteiger partial charge in [0.05, 0.1) is 5.69 Å². The van der Waals surface area contributed by atoms with E-state index in [2.05, 4.69) is 48.9 Å². The monoisotopic (exact) mass is 329 g/mol. The van der Waals surface area contributed by atoms with Gasteiger partial charge < -0.3 is 5.32 Å². The zero-order valence-corrected chi connectivity index (χ0v) is 13.5. The average Bonchev–Trinajstić information content (AvgIpc) is 2.20. The summed E-state index contributed by atoms with van der Waals surface area (Å²) >= 11 is 3.29. The number of carbonyl (C=O) groups excluding carboxylic acids is 1. The Hall–Kier alpha value is -0.900. The average molecular weight is 330 g/mol. The van der Waals surface area contributed by atoms with Crippen LogP contribution in [0.4, 0.5) is 10.1 Å². The molecule has 0 saturated carbocycles. The predicted molar refractivity (Wildman–Crippen MR) is 80.6 cm³/mol. The van der Waals surface area contributed by atoms with Gasteiger partial charge in [-0.2, -0.15) is 0 Å². The van der Waals surface area contributed by atoms with Gasteiger partial charge in [-0.05, 0) is 51.9 Å². The smallest absolute Gasteiger partial charge is 0.224 e. The summed E-state index contributed by atoms with van der Waals surface area (Å²) in [4.78, 5) is 11.9. The molecular weight excluding hydrogens is 309 g/mol. The maximum absolute atomic E-state index is 13.1. The molecule has 2 nitrogen and oxygen atoms in total. The van der Waals surface area contributed by atoms with E-state index in [0.717, 1.165) is 6.42 Å². The fourth-order valence-electron chi connectivity index (χ4n) is 2.23. The second-order valence-electron chi connectivity index (χ2n) is 6.25. The quantitative estimate of drug-likeness (QED) is 0.828. The van der Waals surface area contributed by atoms with E-state index in [1.165, 1.54) is 12.1 Å². The molecule has 19 heavy (non-hydrogen) atoms. The van der Waals surface area contributed by atoms with Crippen LogP contribution in [0.15, 0.2) is 22.7 Å². The van der Waals surface area contributed by atoms with Gasteiger partial charge in [-0.1, -0.05) is 27.7 Å². The fourth-order valence-corrected chi connectivity index (χ4v) is 2.57. The highest BCUT2D eigenvalue weighted by Crippen LogP contribution is 2.27. The molecule has 106 valence electrons. The standard InChI is InChI=1S/C15H21BrFNO/c1-10(9-15(2,3)4)7-14(19)18-13-8-11(17)5-6-12(13)16/h5-6,8,10H,7,9H2,1-4H3,(H,18,19). The summed E-state index contributed by atoms with van der Waals surface area (Å²) in [6, 6.07) is 4.25. The summed E-state index contributed by atoms with van der Waals surface area (Å²) in [6.45, 7) is 8.53. The van der Waals surface area contributed by atoms with Crippen LogP contribution in [0.2, 0.25) is 0 Å². The minimum Gasteiger partial charge on any atom is -0.325 e. The van der Waals surface area contributed by atoms with Crippen LogP contribution < -0.4 is 5.32 Å². The van der Waals surface area contributed by atoms with Crippen molar-refractivity contribution < 1.29 is 9.18 Å². The molecule has 4 heteroatoms. The van der Waals surface area contributed by atoms with Crippen LogP contribution in [0.25, 0.3) is 0 Å². The van der Waals surface area contributed by atoms with Crippen molar-refractivity contribution in [3.63, 3.8) is 0 Å². The highest BCUT2D eigenvalue weighted by molar-refractivity contribution is 9.10. The Bertz CT molecular complexity index is 454. The predicted octanol–water partition coefficient (Wildman–Crippen LogP) is 4.99. The van der Waals surface area contributed by atoms with E-state index in [4.69, 9.17) is 0 Å². The van der Waals surface area contributed by atoms with Crippen LogP contribution in [0.5, 0.6) is 0 Å². The molecular formula is C15H21BrFNO. The molecule has 1 aromatic carbocycles. The molecule has 0 saturated heterocycles. The number of amides is 1. The molecule has 1 atom stereocenters. The summed E-state index contributed by atoms with van der Waals surface area (Å²) in [7, 11) is 0. The van der Waals surface area contributed by atoms with E-state index in [-0.39, 0.29) is 17.1 Å². The third-order valence-electron chi connectivity index (χ3n) is 2.70. The van der Waals surface area contributed by atoms with Crippen LogP contribution >= 0.6 is 15.9 Å². The molecule has 1 N–H and O–H groups in total. The first-order chi connectivity index (χ1) is 8.67. The van der Waals surface area contributed by atoms with Crippen LogP contribution in [0.3, 0.4) is 0 Å². The Labute approximate surface area is 122 Å². The van der Waals surface area contributed by atoms with E-state index >= 15 is 0 Å². The van der Waals surface area contributed by atoms with Gasteiger partial charge in [0.25, 0.3) is 0 Å². The van der Waals surface area contributed by atoms with E-state index in [1.807, 2.05) is 0 Å². The summed E-state index contributed by atoms with van der Waals surface area (Å²) in [5.74, 6) is -0.142. The van der Waals surface area contributed by atoms with Crippen molar-refractivity contribution in [1.29, 1.82) is 0 Å². The first kappa shape index (κ1) is 16.2. The Balaban J connectivity index is 2.58. The molecule has 1 amide bonds. The van der Waals surface area contributed by atoms with Crippen molar-refractivity contribution in [2.75, 3.05) is 5.32 Å². The summed E-state index contributed by atoms with van der Waals surface area (Å²) in [5, 5.41) is 2.74. The summed E-state index contributed by atoms with van der Waals surface area (Å²) < 4.78 is 13.8. The normalized spacial score (nSPS) is 13.2. The van der Waals surface area contributed by atoms with Crippen LogP contribution in [-0.2, 0) is 4.79 Å². The van der Waals surface area contributed by atoms with Crippen molar-refractivity contribution in [2.24, 2.45) is 11.3 Å². The van der Waals surface area contributed by atoms with E-state index in [1.54, 1.807) is 6.07 Å². The Kier molecular flexibility index (Phi) is 5.53. The van der Waals surface area contributed by atoms with E-state index in [9.17, 15) is 9.18 Å². The van der Waals surface area contributed by atoms with Gasteiger partial charge in [-0.25, -0.2) is 4.39 Å². The zero-order chi connectivity index (χ0) is 14.6. The summed E-state index contributed by atoms with van der Waals surface area (Å²) in [5.41, 5.74) is 0.687. The molecule has 0 aliphatic carbocycles. The van der Waals surface area contributed by atoms with Crippen molar-refractivity contribution in [1.82, 2.24) is 0 Å².